The predicted octanol–water partition coefficient (Wildman–Crippen LogP) is 3.35. The molecule has 132 valence electrons. The largest absolute Gasteiger partial charge is 0.465 e. The molecule has 6 heteroatoms. The minimum Gasteiger partial charge on any atom is -0.465 e. The smallest absolute Gasteiger partial charge is 0.339 e. The molecule has 0 bridgehead atoms. The summed E-state index contributed by atoms with van der Waals surface area (Å²) in [5, 5.41) is 2.88. The SMILES string of the molecule is COC(=O)c1cc2c(ccc3ccccc32)c(C(=O)OC)c1C(=O)OC. The van der Waals surface area contributed by atoms with Gasteiger partial charge >= 0.3 is 17.9 Å². The van der Waals surface area contributed by atoms with Crippen molar-refractivity contribution < 1.29 is 28.6 Å². The highest BCUT2D eigenvalue weighted by Gasteiger charge is 2.29. The molecule has 0 spiro atoms. The van der Waals surface area contributed by atoms with Gasteiger partial charge in [0.1, 0.15) is 0 Å². The Labute approximate surface area is 149 Å². The number of ether oxygens (including phenoxy) is 3. The number of methoxy groups -OCH3 is 3. The van der Waals surface area contributed by atoms with Crippen LogP contribution < -0.4 is 0 Å². The monoisotopic (exact) mass is 352 g/mol. The van der Waals surface area contributed by atoms with Crippen LogP contribution in [-0.4, -0.2) is 39.2 Å². The van der Waals surface area contributed by atoms with E-state index in [1.807, 2.05) is 30.3 Å². The van der Waals surface area contributed by atoms with E-state index in [2.05, 4.69) is 0 Å². The molecule has 0 aliphatic rings. The molecule has 0 heterocycles. The normalized spacial score (nSPS) is 10.6. The third-order valence-corrected chi connectivity index (χ3v) is 4.23. The zero-order valence-corrected chi connectivity index (χ0v) is 14.5. The van der Waals surface area contributed by atoms with E-state index in [0.717, 1.165) is 10.8 Å². The van der Waals surface area contributed by atoms with Gasteiger partial charge in [-0.15, -0.1) is 0 Å². The first-order chi connectivity index (χ1) is 12.5. The van der Waals surface area contributed by atoms with Crippen molar-refractivity contribution in [2.75, 3.05) is 21.3 Å². The minimum atomic E-state index is -0.819. The lowest BCUT2D eigenvalue weighted by Gasteiger charge is -2.15. The summed E-state index contributed by atoms with van der Waals surface area (Å²) in [6, 6.07) is 12.6. The third kappa shape index (κ3) is 2.65. The lowest BCUT2D eigenvalue weighted by Crippen LogP contribution is -2.18. The molecule has 26 heavy (non-hydrogen) atoms. The second kappa shape index (κ2) is 6.84. The lowest BCUT2D eigenvalue weighted by atomic mass is 9.91. The van der Waals surface area contributed by atoms with Crippen molar-refractivity contribution in [3.05, 3.63) is 59.2 Å². The molecular formula is C20H16O6. The van der Waals surface area contributed by atoms with Gasteiger partial charge in [0.05, 0.1) is 38.0 Å². The van der Waals surface area contributed by atoms with Gasteiger partial charge in [0.15, 0.2) is 0 Å². The number of carbonyl (C=O) groups is 3. The fraction of sp³-hybridized carbons (Fsp3) is 0.150. The van der Waals surface area contributed by atoms with E-state index in [-0.39, 0.29) is 16.7 Å². The van der Waals surface area contributed by atoms with Crippen molar-refractivity contribution in [3.8, 4) is 0 Å². The molecule has 0 saturated heterocycles. The molecule has 0 saturated carbocycles. The van der Waals surface area contributed by atoms with Gasteiger partial charge in [-0.2, -0.15) is 0 Å². The maximum Gasteiger partial charge on any atom is 0.339 e. The Morgan fingerprint density at radius 3 is 1.92 bits per heavy atom. The average molecular weight is 352 g/mol. The third-order valence-electron chi connectivity index (χ3n) is 4.23. The van der Waals surface area contributed by atoms with E-state index in [1.165, 1.54) is 21.3 Å². The fourth-order valence-corrected chi connectivity index (χ4v) is 3.05. The van der Waals surface area contributed by atoms with Gasteiger partial charge < -0.3 is 14.2 Å². The van der Waals surface area contributed by atoms with Gasteiger partial charge in [-0.25, -0.2) is 14.4 Å². The molecular weight excluding hydrogens is 336 g/mol. The molecule has 3 rings (SSSR count). The number of rotatable bonds is 3. The van der Waals surface area contributed by atoms with E-state index >= 15 is 0 Å². The highest BCUT2D eigenvalue weighted by Crippen LogP contribution is 2.33. The van der Waals surface area contributed by atoms with Gasteiger partial charge in [-0.3, -0.25) is 0 Å². The molecule has 0 unspecified atom stereocenters. The summed E-state index contributed by atoms with van der Waals surface area (Å²) in [6.07, 6.45) is 0. The summed E-state index contributed by atoms with van der Waals surface area (Å²) >= 11 is 0. The molecule has 0 N–H and O–H groups in total. The van der Waals surface area contributed by atoms with Gasteiger partial charge in [0.2, 0.25) is 0 Å². The standard InChI is InChI=1S/C20H16O6/c1-24-18(21)15-10-14-12-7-5-4-6-11(12)8-9-13(14)16(19(22)25-2)17(15)20(23)26-3/h4-10H,1-3H3. The molecule has 0 amide bonds. The van der Waals surface area contributed by atoms with Crippen LogP contribution in [-0.2, 0) is 14.2 Å². The summed E-state index contributed by atoms with van der Waals surface area (Å²) in [4.78, 5) is 37.2. The number of benzene rings is 3. The minimum absolute atomic E-state index is 0.0250. The van der Waals surface area contributed by atoms with Gasteiger partial charge in [0, 0.05) is 0 Å². The van der Waals surface area contributed by atoms with E-state index in [0.29, 0.717) is 10.8 Å². The Morgan fingerprint density at radius 1 is 0.654 bits per heavy atom. The Kier molecular flexibility index (Phi) is 4.58. The van der Waals surface area contributed by atoms with E-state index in [1.54, 1.807) is 12.1 Å². The molecule has 0 aliphatic heterocycles. The maximum atomic E-state index is 12.5. The highest BCUT2D eigenvalue weighted by atomic mass is 16.5. The number of hydrogen-bond donors (Lipinski definition) is 0. The van der Waals surface area contributed by atoms with Gasteiger partial charge in [-0.1, -0.05) is 36.4 Å². The first-order valence-corrected chi connectivity index (χ1v) is 7.76. The van der Waals surface area contributed by atoms with E-state index in [9.17, 15) is 14.4 Å². The Morgan fingerprint density at radius 2 is 1.27 bits per heavy atom. The Hall–Kier alpha value is -3.41. The Bertz CT molecular complexity index is 1050. The molecule has 0 atom stereocenters. The van der Waals surface area contributed by atoms with Crippen molar-refractivity contribution in [3.63, 3.8) is 0 Å². The van der Waals surface area contributed by atoms with Crippen molar-refractivity contribution in [1.29, 1.82) is 0 Å². The van der Waals surface area contributed by atoms with Crippen molar-refractivity contribution >= 4 is 39.5 Å². The van der Waals surface area contributed by atoms with Crippen LogP contribution in [0.15, 0.2) is 42.5 Å². The predicted molar refractivity (Wildman–Crippen MR) is 95.5 cm³/mol. The molecule has 0 aromatic heterocycles. The second-order valence-corrected chi connectivity index (χ2v) is 5.53. The fourth-order valence-electron chi connectivity index (χ4n) is 3.05. The molecule has 0 fully saturated rings. The first kappa shape index (κ1) is 17.4. The summed E-state index contributed by atoms with van der Waals surface area (Å²) in [6.45, 7) is 0. The molecule has 3 aromatic rings. The van der Waals surface area contributed by atoms with Crippen LogP contribution in [0.3, 0.4) is 0 Å². The number of hydrogen-bond acceptors (Lipinski definition) is 6. The lowest BCUT2D eigenvalue weighted by molar-refractivity contribution is 0.0537. The van der Waals surface area contributed by atoms with Crippen molar-refractivity contribution in [2.24, 2.45) is 0 Å². The van der Waals surface area contributed by atoms with Crippen LogP contribution in [0.1, 0.15) is 31.1 Å². The number of carbonyl (C=O) groups excluding carboxylic acids is 3. The van der Waals surface area contributed by atoms with Gasteiger partial charge in [-0.05, 0) is 27.6 Å². The summed E-state index contributed by atoms with van der Waals surface area (Å²) in [5.41, 5.74) is -0.249. The maximum absolute atomic E-state index is 12.5. The zero-order valence-electron chi connectivity index (χ0n) is 14.5. The van der Waals surface area contributed by atoms with Crippen LogP contribution in [0, 0.1) is 0 Å². The molecule has 3 aromatic carbocycles. The van der Waals surface area contributed by atoms with Crippen LogP contribution >= 0.6 is 0 Å². The number of esters is 3. The van der Waals surface area contributed by atoms with E-state index in [4.69, 9.17) is 14.2 Å². The summed E-state index contributed by atoms with van der Waals surface area (Å²) < 4.78 is 14.5. The first-order valence-electron chi connectivity index (χ1n) is 7.76. The highest BCUT2D eigenvalue weighted by molar-refractivity contribution is 6.22. The van der Waals surface area contributed by atoms with Crippen LogP contribution in [0.25, 0.3) is 21.5 Å². The van der Waals surface area contributed by atoms with Crippen LogP contribution in [0.2, 0.25) is 0 Å². The van der Waals surface area contributed by atoms with Crippen molar-refractivity contribution in [2.45, 2.75) is 0 Å². The topological polar surface area (TPSA) is 78.9 Å². The quantitative estimate of drug-likeness (QED) is 0.409. The molecule has 0 aliphatic carbocycles. The van der Waals surface area contributed by atoms with Gasteiger partial charge in [0.25, 0.3) is 0 Å². The Balaban J connectivity index is 2.57. The van der Waals surface area contributed by atoms with E-state index < -0.39 is 17.9 Å². The zero-order chi connectivity index (χ0) is 18.8. The molecule has 6 nitrogen and oxygen atoms in total. The summed E-state index contributed by atoms with van der Waals surface area (Å²) in [5.74, 6) is -2.30. The van der Waals surface area contributed by atoms with Crippen molar-refractivity contribution in [1.82, 2.24) is 0 Å². The van der Waals surface area contributed by atoms with Crippen LogP contribution in [0.4, 0.5) is 0 Å². The summed E-state index contributed by atoms with van der Waals surface area (Å²) in [7, 11) is 3.59. The molecule has 0 radical (unpaired) electrons. The average Bonchev–Trinajstić information content (AvgIpc) is 2.70. The second-order valence-electron chi connectivity index (χ2n) is 5.53. The van der Waals surface area contributed by atoms with Crippen LogP contribution in [0.5, 0.6) is 0 Å². The number of fused-ring (bicyclic) bond motifs is 3.